The highest BCUT2D eigenvalue weighted by atomic mass is 16.5. The van der Waals surface area contributed by atoms with E-state index in [4.69, 9.17) is 4.74 Å². The summed E-state index contributed by atoms with van der Waals surface area (Å²) in [5.41, 5.74) is 3.37. The largest absolute Gasteiger partial charge is 0.507 e. The summed E-state index contributed by atoms with van der Waals surface area (Å²) < 4.78 is 5.45. The third-order valence-corrected chi connectivity index (χ3v) is 6.54. The Morgan fingerprint density at radius 2 is 1.74 bits per heavy atom. The molecule has 162 valence electrons. The number of hydrogen-bond donors (Lipinski definition) is 1. The summed E-state index contributed by atoms with van der Waals surface area (Å²) in [6.07, 6.45) is 4.99. The van der Waals surface area contributed by atoms with Gasteiger partial charge in [-0.3, -0.25) is 9.59 Å². The van der Waals surface area contributed by atoms with E-state index < -0.39 is 17.7 Å². The van der Waals surface area contributed by atoms with E-state index in [0.29, 0.717) is 11.3 Å². The van der Waals surface area contributed by atoms with E-state index in [1.165, 1.54) is 7.11 Å². The molecule has 1 aliphatic heterocycles. The van der Waals surface area contributed by atoms with Gasteiger partial charge in [-0.05, 0) is 49.9 Å². The number of rotatable bonds is 4. The number of nitrogens with zero attached hydrogens (tertiary/aromatic N) is 1. The predicted molar refractivity (Wildman–Crippen MR) is 120 cm³/mol. The lowest BCUT2D eigenvalue weighted by molar-refractivity contribution is -0.141. The minimum absolute atomic E-state index is 0.000453. The van der Waals surface area contributed by atoms with Crippen molar-refractivity contribution in [1.29, 1.82) is 0 Å². The van der Waals surface area contributed by atoms with Crippen LogP contribution in [0.4, 0.5) is 0 Å². The summed E-state index contributed by atoms with van der Waals surface area (Å²) in [6.45, 7) is 3.89. The molecule has 31 heavy (non-hydrogen) atoms. The smallest absolute Gasteiger partial charge is 0.295 e. The van der Waals surface area contributed by atoms with Gasteiger partial charge in [0, 0.05) is 6.04 Å². The van der Waals surface area contributed by atoms with Gasteiger partial charge in [-0.15, -0.1) is 0 Å². The first kappa shape index (κ1) is 21.2. The average molecular weight is 420 g/mol. The van der Waals surface area contributed by atoms with Gasteiger partial charge in [-0.1, -0.05) is 55.2 Å². The topological polar surface area (TPSA) is 66.8 Å². The Labute approximate surface area is 183 Å². The fourth-order valence-electron chi connectivity index (χ4n) is 4.94. The molecule has 1 amide bonds. The van der Waals surface area contributed by atoms with Gasteiger partial charge in [0.1, 0.15) is 11.5 Å². The molecule has 1 atom stereocenters. The second-order valence-corrected chi connectivity index (χ2v) is 8.56. The molecule has 5 heteroatoms. The van der Waals surface area contributed by atoms with E-state index in [1.54, 1.807) is 17.0 Å². The second kappa shape index (κ2) is 8.58. The first-order valence-corrected chi connectivity index (χ1v) is 10.9. The minimum atomic E-state index is -0.625. The minimum Gasteiger partial charge on any atom is -0.507 e. The number of benzene rings is 2. The van der Waals surface area contributed by atoms with Gasteiger partial charge in [0.2, 0.25) is 0 Å². The van der Waals surface area contributed by atoms with Gasteiger partial charge in [0.15, 0.2) is 0 Å². The predicted octanol–water partition coefficient (Wildman–Crippen LogP) is 5.07. The van der Waals surface area contributed by atoms with E-state index >= 15 is 0 Å². The summed E-state index contributed by atoms with van der Waals surface area (Å²) in [7, 11) is 1.53. The number of hydrogen-bond acceptors (Lipinski definition) is 4. The number of ether oxygens (including phenoxy) is 1. The Morgan fingerprint density at radius 1 is 1.03 bits per heavy atom. The molecule has 1 saturated carbocycles. The Hall–Kier alpha value is -3.08. The fourth-order valence-corrected chi connectivity index (χ4v) is 4.94. The number of amides is 1. The number of carbonyl (C=O) groups excluding carboxylic acids is 2. The van der Waals surface area contributed by atoms with Crippen molar-refractivity contribution in [3.63, 3.8) is 0 Å². The molecule has 1 heterocycles. The van der Waals surface area contributed by atoms with E-state index in [1.807, 2.05) is 44.2 Å². The standard InChI is InChI=1S/C26H29NO4/c1-16-13-14-21(31-3)20(15-16)24(28)22-23(19-12-8-7-9-17(19)2)27(26(30)25(22)29)18-10-5-4-6-11-18/h7-9,12-15,18,23,28H,4-6,10-11H2,1-3H3/b24-22+. The first-order valence-electron chi connectivity index (χ1n) is 10.9. The molecular formula is C26H29NO4. The molecule has 2 aromatic carbocycles. The Balaban J connectivity index is 1.94. The first-order chi connectivity index (χ1) is 14.9. The highest BCUT2D eigenvalue weighted by Crippen LogP contribution is 2.44. The zero-order chi connectivity index (χ0) is 22.1. The van der Waals surface area contributed by atoms with Crippen LogP contribution in [-0.2, 0) is 9.59 Å². The van der Waals surface area contributed by atoms with E-state index in [-0.39, 0.29) is 17.4 Å². The lowest BCUT2D eigenvalue weighted by Crippen LogP contribution is -2.40. The molecule has 1 unspecified atom stereocenters. The third-order valence-electron chi connectivity index (χ3n) is 6.54. The number of likely N-dealkylation sites (tertiary alicyclic amines) is 1. The van der Waals surface area contributed by atoms with Gasteiger partial charge in [-0.25, -0.2) is 0 Å². The van der Waals surface area contributed by atoms with Crippen LogP contribution in [0, 0.1) is 13.8 Å². The maximum Gasteiger partial charge on any atom is 0.295 e. The van der Waals surface area contributed by atoms with Crippen LogP contribution in [0.1, 0.15) is 60.4 Å². The number of ketones is 1. The lowest BCUT2D eigenvalue weighted by Gasteiger charge is -2.36. The number of Topliss-reactive ketones (excluding diaryl/α,β-unsaturated/α-hetero) is 1. The van der Waals surface area contributed by atoms with Gasteiger partial charge in [0.05, 0.1) is 24.3 Å². The summed E-state index contributed by atoms with van der Waals surface area (Å²) in [4.78, 5) is 28.3. The summed E-state index contributed by atoms with van der Waals surface area (Å²) in [6, 6.07) is 12.6. The highest BCUT2D eigenvalue weighted by molar-refractivity contribution is 6.46. The molecule has 1 N–H and O–H groups in total. The van der Waals surface area contributed by atoms with Crippen molar-refractivity contribution in [3.8, 4) is 5.75 Å². The van der Waals surface area contributed by atoms with E-state index in [0.717, 1.165) is 48.8 Å². The van der Waals surface area contributed by atoms with Crippen molar-refractivity contribution in [3.05, 3.63) is 70.3 Å². The Bertz CT molecular complexity index is 1050. The molecule has 0 bridgehead atoms. The number of aryl methyl sites for hydroxylation is 2. The van der Waals surface area contributed by atoms with Gasteiger partial charge < -0.3 is 14.7 Å². The van der Waals surface area contributed by atoms with E-state index in [2.05, 4.69) is 0 Å². The zero-order valence-corrected chi connectivity index (χ0v) is 18.4. The number of aliphatic hydroxyl groups excluding tert-OH is 1. The van der Waals surface area contributed by atoms with Crippen LogP contribution < -0.4 is 4.74 Å². The van der Waals surface area contributed by atoms with Crippen molar-refractivity contribution < 1.29 is 19.4 Å². The Kier molecular flexibility index (Phi) is 5.86. The fraction of sp³-hybridized carbons (Fsp3) is 0.385. The van der Waals surface area contributed by atoms with Crippen molar-refractivity contribution in [2.24, 2.45) is 0 Å². The van der Waals surface area contributed by atoms with Gasteiger partial charge in [0.25, 0.3) is 11.7 Å². The summed E-state index contributed by atoms with van der Waals surface area (Å²) in [5.74, 6) is -0.853. The molecular weight excluding hydrogens is 390 g/mol. The second-order valence-electron chi connectivity index (χ2n) is 8.56. The summed E-state index contributed by atoms with van der Waals surface area (Å²) >= 11 is 0. The van der Waals surface area contributed by atoms with Crippen LogP contribution in [0.2, 0.25) is 0 Å². The molecule has 2 aliphatic rings. The molecule has 1 saturated heterocycles. The molecule has 2 aromatic rings. The highest BCUT2D eigenvalue weighted by Gasteiger charge is 2.49. The maximum absolute atomic E-state index is 13.3. The van der Waals surface area contributed by atoms with Crippen LogP contribution in [0.3, 0.4) is 0 Å². The van der Waals surface area contributed by atoms with Crippen LogP contribution in [0.15, 0.2) is 48.0 Å². The van der Waals surface area contributed by atoms with Crippen LogP contribution >= 0.6 is 0 Å². The van der Waals surface area contributed by atoms with Crippen LogP contribution in [0.5, 0.6) is 5.75 Å². The molecule has 0 aromatic heterocycles. The lowest BCUT2D eigenvalue weighted by atomic mass is 9.89. The molecule has 4 rings (SSSR count). The number of aliphatic hydroxyl groups is 1. The molecule has 0 spiro atoms. The van der Waals surface area contributed by atoms with Crippen molar-refractivity contribution in [1.82, 2.24) is 4.90 Å². The van der Waals surface area contributed by atoms with Gasteiger partial charge in [-0.2, -0.15) is 0 Å². The number of carbonyl (C=O) groups is 2. The quantitative estimate of drug-likeness (QED) is 0.427. The van der Waals surface area contributed by atoms with Crippen molar-refractivity contribution >= 4 is 17.4 Å². The maximum atomic E-state index is 13.3. The molecule has 0 radical (unpaired) electrons. The number of methoxy groups -OCH3 is 1. The molecule has 2 fully saturated rings. The SMILES string of the molecule is COc1ccc(C)cc1/C(O)=C1\C(=O)C(=O)N(C2CCCCC2)C1c1ccccc1C. The van der Waals surface area contributed by atoms with Crippen LogP contribution in [0.25, 0.3) is 5.76 Å². The van der Waals surface area contributed by atoms with E-state index in [9.17, 15) is 14.7 Å². The molecule has 1 aliphatic carbocycles. The van der Waals surface area contributed by atoms with Crippen molar-refractivity contribution in [2.45, 2.75) is 58.0 Å². The normalized spacial score (nSPS) is 21.5. The monoisotopic (exact) mass is 419 g/mol. The zero-order valence-electron chi connectivity index (χ0n) is 18.4. The summed E-state index contributed by atoms with van der Waals surface area (Å²) in [5, 5.41) is 11.4. The third kappa shape index (κ3) is 3.73. The van der Waals surface area contributed by atoms with Crippen molar-refractivity contribution in [2.75, 3.05) is 7.11 Å². The van der Waals surface area contributed by atoms with Crippen LogP contribution in [-0.4, -0.2) is 34.8 Å². The Morgan fingerprint density at radius 3 is 2.42 bits per heavy atom. The molecule has 5 nitrogen and oxygen atoms in total. The average Bonchev–Trinajstić information content (AvgIpc) is 3.04. The van der Waals surface area contributed by atoms with Gasteiger partial charge >= 0.3 is 0 Å².